The quantitative estimate of drug-likeness (QED) is 0.212. The first-order chi connectivity index (χ1) is 22.4. The smallest absolute Gasteiger partial charge is 0.00258 e. The third-order valence-corrected chi connectivity index (χ3v) is 12.3. The van der Waals surface area contributed by atoms with Crippen molar-refractivity contribution in [3.8, 4) is 0 Å². The highest BCUT2D eigenvalue weighted by atomic mass is 14.3. The minimum absolute atomic E-state index is 0.915. The van der Waals surface area contributed by atoms with E-state index in [2.05, 4.69) is 100 Å². The van der Waals surface area contributed by atoms with Crippen LogP contribution in [0.3, 0.4) is 0 Å². The van der Waals surface area contributed by atoms with Crippen molar-refractivity contribution in [1.82, 2.24) is 0 Å². The number of hydrogen-bond donors (Lipinski definition) is 0. The Hall–Kier alpha value is -2.34. The maximum atomic E-state index is 2.40. The first kappa shape index (κ1) is 35.0. The second-order valence-electron chi connectivity index (χ2n) is 16.1. The molecule has 0 saturated heterocycles. The van der Waals surface area contributed by atoms with E-state index in [4.69, 9.17) is 0 Å². The van der Waals surface area contributed by atoms with Gasteiger partial charge >= 0.3 is 0 Å². The Morgan fingerprint density at radius 2 is 0.804 bits per heavy atom. The van der Waals surface area contributed by atoms with Gasteiger partial charge < -0.3 is 0 Å². The maximum absolute atomic E-state index is 2.40. The van der Waals surface area contributed by atoms with Crippen LogP contribution in [-0.2, 0) is 25.7 Å². The van der Waals surface area contributed by atoms with E-state index in [9.17, 15) is 0 Å². The summed E-state index contributed by atoms with van der Waals surface area (Å²) in [4.78, 5) is 0. The Bertz CT molecular complexity index is 1220. The van der Waals surface area contributed by atoms with Crippen molar-refractivity contribution in [3.05, 3.63) is 106 Å². The Kier molecular flexibility index (Phi) is 13.9. The van der Waals surface area contributed by atoms with Crippen molar-refractivity contribution in [2.45, 2.75) is 143 Å². The topological polar surface area (TPSA) is 0 Å². The van der Waals surface area contributed by atoms with E-state index in [-0.39, 0.29) is 0 Å². The highest BCUT2D eigenvalue weighted by Gasteiger charge is 2.26. The molecular formula is C46H66. The SMILES string of the molecule is CCC1CCC(CC2CCC(Cc3ccc(C)cc3)CC2)CC1.CCc1ccc(Cc2ccc(CC3CCC(C)CC3)cc2)cc1. The maximum Gasteiger partial charge on any atom is -0.00258 e. The second kappa shape index (κ2) is 18.3. The molecule has 3 aromatic rings. The van der Waals surface area contributed by atoms with Crippen LogP contribution < -0.4 is 0 Å². The van der Waals surface area contributed by atoms with Crippen molar-refractivity contribution >= 4 is 0 Å². The normalized spacial score (nSPS) is 26.6. The number of rotatable bonds is 10. The van der Waals surface area contributed by atoms with E-state index >= 15 is 0 Å². The molecule has 0 heterocycles. The van der Waals surface area contributed by atoms with Crippen LogP contribution in [-0.4, -0.2) is 0 Å². The van der Waals surface area contributed by atoms with E-state index in [0.717, 1.165) is 48.3 Å². The molecule has 0 aliphatic heterocycles. The monoisotopic (exact) mass is 619 g/mol. The Morgan fingerprint density at radius 1 is 0.435 bits per heavy atom. The van der Waals surface area contributed by atoms with E-state index in [1.807, 2.05) is 0 Å². The molecule has 0 spiro atoms. The van der Waals surface area contributed by atoms with Crippen LogP contribution in [0.25, 0.3) is 0 Å². The van der Waals surface area contributed by atoms with E-state index < -0.39 is 0 Å². The standard InChI is InChI=1S/C23H36.C23H30/c2*1-3-19-8-10-21(11-9-19)17-23-14-12-22(13-15-23)16-20-6-4-18(2)5-7-20/h4-7,19,21-23H,3,8-17H2,1-2H3;8-15,18,20H,3-7,16-17H2,1-2H3. The van der Waals surface area contributed by atoms with Crippen LogP contribution in [0.5, 0.6) is 0 Å². The molecule has 3 aliphatic carbocycles. The molecule has 250 valence electrons. The number of benzene rings is 3. The predicted octanol–water partition coefficient (Wildman–Crippen LogP) is 13.2. The van der Waals surface area contributed by atoms with E-state index in [1.165, 1.54) is 124 Å². The third kappa shape index (κ3) is 11.4. The molecule has 0 N–H and O–H groups in total. The summed E-state index contributed by atoms with van der Waals surface area (Å²) in [6, 6.07) is 27.7. The molecule has 46 heavy (non-hydrogen) atoms. The van der Waals surface area contributed by atoms with Crippen LogP contribution >= 0.6 is 0 Å². The third-order valence-electron chi connectivity index (χ3n) is 12.3. The lowest BCUT2D eigenvalue weighted by atomic mass is 9.72. The van der Waals surface area contributed by atoms with Gasteiger partial charge in [0, 0.05) is 0 Å². The molecular weight excluding hydrogens is 553 g/mol. The van der Waals surface area contributed by atoms with Gasteiger partial charge in [-0.3, -0.25) is 0 Å². The summed E-state index contributed by atoms with van der Waals surface area (Å²) < 4.78 is 0. The zero-order valence-electron chi connectivity index (χ0n) is 30.1. The molecule has 3 aromatic carbocycles. The fourth-order valence-corrected chi connectivity index (χ4v) is 8.86. The molecule has 0 radical (unpaired) electrons. The van der Waals surface area contributed by atoms with Gasteiger partial charge in [0.15, 0.2) is 0 Å². The summed E-state index contributed by atoms with van der Waals surface area (Å²) >= 11 is 0. The first-order valence-corrected chi connectivity index (χ1v) is 19.7. The molecule has 0 atom stereocenters. The van der Waals surface area contributed by atoms with Gasteiger partial charge in [0.05, 0.1) is 0 Å². The van der Waals surface area contributed by atoms with Crippen LogP contribution in [0, 0.1) is 42.4 Å². The first-order valence-electron chi connectivity index (χ1n) is 19.7. The average Bonchev–Trinajstić information content (AvgIpc) is 3.09. The molecule has 6 rings (SSSR count). The van der Waals surface area contributed by atoms with Crippen molar-refractivity contribution in [3.63, 3.8) is 0 Å². The summed E-state index contributed by atoms with van der Waals surface area (Å²) in [6.07, 6.45) is 25.5. The van der Waals surface area contributed by atoms with Gasteiger partial charge in [-0.2, -0.15) is 0 Å². The molecule has 0 heteroatoms. The van der Waals surface area contributed by atoms with Gasteiger partial charge in [0.25, 0.3) is 0 Å². The van der Waals surface area contributed by atoms with Crippen molar-refractivity contribution < 1.29 is 0 Å². The van der Waals surface area contributed by atoms with Gasteiger partial charge in [0.1, 0.15) is 0 Å². The molecule has 0 nitrogen and oxygen atoms in total. The molecule has 3 fully saturated rings. The summed E-state index contributed by atoms with van der Waals surface area (Å²) in [5, 5.41) is 0. The van der Waals surface area contributed by atoms with Crippen molar-refractivity contribution in [2.75, 3.05) is 0 Å². The summed E-state index contributed by atoms with van der Waals surface area (Å²) in [5.41, 5.74) is 8.72. The van der Waals surface area contributed by atoms with Crippen molar-refractivity contribution in [1.29, 1.82) is 0 Å². The molecule has 3 saturated carbocycles. The zero-order chi connectivity index (χ0) is 32.1. The number of hydrogen-bond acceptors (Lipinski definition) is 0. The highest BCUT2D eigenvalue weighted by Crippen LogP contribution is 2.39. The molecule has 0 unspecified atom stereocenters. The molecule has 0 aromatic heterocycles. The fraction of sp³-hybridized carbons (Fsp3) is 0.609. The molecule has 3 aliphatic rings. The fourth-order valence-electron chi connectivity index (χ4n) is 8.86. The van der Waals surface area contributed by atoms with Crippen LogP contribution in [0.1, 0.15) is 144 Å². The second-order valence-corrected chi connectivity index (χ2v) is 16.1. The van der Waals surface area contributed by atoms with Crippen molar-refractivity contribution in [2.24, 2.45) is 35.5 Å². The largest absolute Gasteiger partial charge is 0.0651 e. The van der Waals surface area contributed by atoms with Crippen LogP contribution in [0.4, 0.5) is 0 Å². The Balaban J connectivity index is 0.000000181. The zero-order valence-corrected chi connectivity index (χ0v) is 30.1. The van der Waals surface area contributed by atoms with Crippen LogP contribution in [0.15, 0.2) is 72.8 Å². The Labute approximate surface area is 284 Å². The lowest BCUT2D eigenvalue weighted by Gasteiger charge is -2.34. The van der Waals surface area contributed by atoms with Gasteiger partial charge in [-0.25, -0.2) is 0 Å². The minimum atomic E-state index is 0.915. The van der Waals surface area contributed by atoms with Crippen LogP contribution in [0.2, 0.25) is 0 Å². The summed E-state index contributed by atoms with van der Waals surface area (Å²) in [7, 11) is 0. The van der Waals surface area contributed by atoms with Gasteiger partial charge in [-0.1, -0.05) is 157 Å². The molecule has 0 amide bonds. The summed E-state index contributed by atoms with van der Waals surface area (Å²) in [6.45, 7) is 9.17. The van der Waals surface area contributed by atoms with E-state index in [1.54, 1.807) is 12.0 Å². The lowest BCUT2D eigenvalue weighted by Crippen LogP contribution is -2.21. The van der Waals surface area contributed by atoms with E-state index in [0.29, 0.717) is 0 Å². The minimum Gasteiger partial charge on any atom is -0.0651 e. The highest BCUT2D eigenvalue weighted by molar-refractivity contribution is 5.31. The predicted molar refractivity (Wildman–Crippen MR) is 201 cm³/mol. The average molecular weight is 619 g/mol. The van der Waals surface area contributed by atoms with Gasteiger partial charge in [-0.15, -0.1) is 0 Å². The van der Waals surface area contributed by atoms with Gasteiger partial charge in [-0.05, 0) is 128 Å². The van der Waals surface area contributed by atoms with Gasteiger partial charge in [0.2, 0.25) is 0 Å². The lowest BCUT2D eigenvalue weighted by molar-refractivity contribution is 0.189. The number of aryl methyl sites for hydroxylation is 2. The summed E-state index contributed by atoms with van der Waals surface area (Å²) in [5.74, 6) is 5.98. The Morgan fingerprint density at radius 3 is 1.26 bits per heavy atom. The molecule has 0 bridgehead atoms.